The summed E-state index contributed by atoms with van der Waals surface area (Å²) in [5.41, 5.74) is 4.89. The number of methoxy groups -OCH3 is 1. The zero-order chi connectivity index (χ0) is 22.4. The van der Waals surface area contributed by atoms with Gasteiger partial charge in [0.1, 0.15) is 18.1 Å². The van der Waals surface area contributed by atoms with Crippen LogP contribution in [0, 0.1) is 6.92 Å². The third kappa shape index (κ3) is 5.46. The van der Waals surface area contributed by atoms with Gasteiger partial charge in [-0.25, -0.2) is 0 Å². The van der Waals surface area contributed by atoms with E-state index < -0.39 is 0 Å². The highest BCUT2D eigenvalue weighted by Crippen LogP contribution is 2.32. The van der Waals surface area contributed by atoms with Crippen LogP contribution in [0.3, 0.4) is 0 Å². The highest BCUT2D eigenvalue weighted by Gasteiger charge is 2.19. The lowest BCUT2D eigenvalue weighted by molar-refractivity contribution is 0.0935. The lowest BCUT2D eigenvalue weighted by Crippen LogP contribution is -2.27. The normalized spacial score (nSPS) is 11.8. The Labute approximate surface area is 185 Å². The van der Waals surface area contributed by atoms with Gasteiger partial charge in [-0.05, 0) is 66.3 Å². The maximum Gasteiger partial charge on any atom is 0.255 e. The molecule has 0 aliphatic carbocycles. The van der Waals surface area contributed by atoms with Crippen molar-refractivity contribution in [2.75, 3.05) is 7.11 Å². The van der Waals surface area contributed by atoms with E-state index in [9.17, 15) is 4.79 Å². The summed E-state index contributed by atoms with van der Waals surface area (Å²) in [4.78, 5) is 13.1. The third-order valence-corrected chi connectivity index (χ3v) is 5.42. The first-order valence-electron chi connectivity index (χ1n) is 10.7. The number of aryl methyl sites for hydroxylation is 1. The lowest BCUT2D eigenvalue weighted by atomic mass is 9.93. The van der Waals surface area contributed by atoms with Crippen molar-refractivity contribution in [3.63, 3.8) is 0 Å². The summed E-state index contributed by atoms with van der Waals surface area (Å²) in [5.74, 6) is 1.63. The second kappa shape index (κ2) is 10.2. The summed E-state index contributed by atoms with van der Waals surface area (Å²) in [6.07, 6.45) is 0. The molecule has 0 aromatic heterocycles. The first kappa shape index (κ1) is 22.4. The lowest BCUT2D eigenvalue weighted by Gasteiger charge is -2.21. The van der Waals surface area contributed by atoms with E-state index in [4.69, 9.17) is 9.47 Å². The Kier molecular flexibility index (Phi) is 7.35. The van der Waals surface area contributed by atoms with Gasteiger partial charge in [0, 0.05) is 0 Å². The second-order valence-electron chi connectivity index (χ2n) is 8.07. The van der Waals surface area contributed by atoms with Crippen LogP contribution in [-0.2, 0) is 6.61 Å². The van der Waals surface area contributed by atoms with E-state index in [0.29, 0.717) is 23.8 Å². The van der Waals surface area contributed by atoms with E-state index in [1.165, 1.54) is 0 Å². The molecule has 3 aromatic carbocycles. The monoisotopic (exact) mass is 417 g/mol. The van der Waals surface area contributed by atoms with Crippen molar-refractivity contribution in [3.05, 3.63) is 94.5 Å². The molecule has 4 nitrogen and oxygen atoms in total. The zero-order valence-corrected chi connectivity index (χ0v) is 18.9. The van der Waals surface area contributed by atoms with Gasteiger partial charge in [0.2, 0.25) is 0 Å². The van der Waals surface area contributed by atoms with Gasteiger partial charge in [-0.1, -0.05) is 56.3 Å². The summed E-state index contributed by atoms with van der Waals surface area (Å²) in [6, 6.07) is 21.3. The molecule has 1 atom stereocenters. The maximum atomic E-state index is 13.1. The smallest absolute Gasteiger partial charge is 0.255 e. The number of rotatable bonds is 8. The zero-order valence-electron chi connectivity index (χ0n) is 18.9. The molecule has 0 saturated heterocycles. The third-order valence-electron chi connectivity index (χ3n) is 5.42. The molecule has 162 valence electrons. The van der Waals surface area contributed by atoms with Gasteiger partial charge >= 0.3 is 0 Å². The number of benzene rings is 3. The minimum Gasteiger partial charge on any atom is -0.496 e. The van der Waals surface area contributed by atoms with Gasteiger partial charge in [0.25, 0.3) is 5.91 Å². The molecule has 0 aliphatic rings. The summed E-state index contributed by atoms with van der Waals surface area (Å²) in [7, 11) is 1.69. The summed E-state index contributed by atoms with van der Waals surface area (Å²) >= 11 is 0. The Morgan fingerprint density at radius 2 is 1.58 bits per heavy atom. The van der Waals surface area contributed by atoms with Crippen molar-refractivity contribution in [1.82, 2.24) is 5.32 Å². The molecule has 4 heteroatoms. The Morgan fingerprint density at radius 1 is 0.903 bits per heavy atom. The summed E-state index contributed by atoms with van der Waals surface area (Å²) in [5, 5.41) is 3.14. The van der Waals surface area contributed by atoms with Crippen LogP contribution in [0.15, 0.2) is 66.7 Å². The molecule has 0 aliphatic heterocycles. The Bertz CT molecular complexity index is 1030. The highest BCUT2D eigenvalue weighted by atomic mass is 16.5. The molecular formula is C27H31NO3. The average molecular weight is 418 g/mol. The molecular weight excluding hydrogens is 386 g/mol. The van der Waals surface area contributed by atoms with Gasteiger partial charge in [0.15, 0.2) is 0 Å². The molecule has 3 aromatic rings. The fourth-order valence-electron chi connectivity index (χ4n) is 3.68. The number of hydrogen-bond acceptors (Lipinski definition) is 3. The van der Waals surface area contributed by atoms with Crippen LogP contribution >= 0.6 is 0 Å². The van der Waals surface area contributed by atoms with Crippen LogP contribution in [0.2, 0.25) is 0 Å². The number of hydrogen-bond donors (Lipinski definition) is 1. The summed E-state index contributed by atoms with van der Waals surface area (Å²) in [6.45, 7) is 8.74. The molecule has 0 bridgehead atoms. The quantitative estimate of drug-likeness (QED) is 0.475. The van der Waals surface area contributed by atoms with E-state index in [2.05, 4.69) is 25.2 Å². The van der Waals surface area contributed by atoms with E-state index in [1.807, 2.05) is 68.4 Å². The van der Waals surface area contributed by atoms with Crippen LogP contribution in [0.1, 0.15) is 65.3 Å². The fourth-order valence-corrected chi connectivity index (χ4v) is 3.68. The van der Waals surface area contributed by atoms with Crippen molar-refractivity contribution in [1.29, 1.82) is 0 Å². The van der Waals surface area contributed by atoms with Gasteiger partial charge in [-0.15, -0.1) is 0 Å². The van der Waals surface area contributed by atoms with Crippen molar-refractivity contribution in [3.8, 4) is 11.5 Å². The van der Waals surface area contributed by atoms with Crippen LogP contribution in [0.4, 0.5) is 0 Å². The molecule has 0 unspecified atom stereocenters. The maximum absolute atomic E-state index is 13.1. The number of nitrogens with one attached hydrogen (secondary N) is 1. The van der Waals surface area contributed by atoms with Crippen molar-refractivity contribution < 1.29 is 14.3 Å². The van der Waals surface area contributed by atoms with Gasteiger partial charge in [0.05, 0.1) is 18.7 Å². The second-order valence-corrected chi connectivity index (χ2v) is 8.07. The minimum atomic E-state index is -0.155. The molecule has 0 heterocycles. The molecule has 0 radical (unpaired) electrons. The predicted molar refractivity (Wildman–Crippen MR) is 125 cm³/mol. The van der Waals surface area contributed by atoms with E-state index in [0.717, 1.165) is 28.0 Å². The van der Waals surface area contributed by atoms with E-state index in [-0.39, 0.29) is 11.9 Å². The number of carbonyl (C=O) groups excluding carboxylic acids is 1. The largest absolute Gasteiger partial charge is 0.496 e. The first-order valence-corrected chi connectivity index (χ1v) is 10.7. The number of ether oxygens (including phenoxy) is 2. The molecule has 0 saturated carbocycles. The molecule has 3 rings (SSSR count). The van der Waals surface area contributed by atoms with E-state index >= 15 is 0 Å². The first-order chi connectivity index (χ1) is 14.9. The topological polar surface area (TPSA) is 47.6 Å². The molecule has 31 heavy (non-hydrogen) atoms. The number of amides is 1. The van der Waals surface area contributed by atoms with Gasteiger partial charge < -0.3 is 14.8 Å². The van der Waals surface area contributed by atoms with Crippen LogP contribution in [-0.4, -0.2) is 13.0 Å². The predicted octanol–water partition coefficient (Wildman–Crippen LogP) is 6.20. The average Bonchev–Trinajstić information content (AvgIpc) is 2.77. The fraction of sp³-hybridized carbons (Fsp3) is 0.296. The summed E-state index contributed by atoms with van der Waals surface area (Å²) < 4.78 is 11.5. The van der Waals surface area contributed by atoms with Gasteiger partial charge in [-0.2, -0.15) is 0 Å². The van der Waals surface area contributed by atoms with Crippen molar-refractivity contribution in [2.24, 2.45) is 0 Å². The van der Waals surface area contributed by atoms with Gasteiger partial charge in [-0.3, -0.25) is 4.79 Å². The Morgan fingerprint density at radius 3 is 2.26 bits per heavy atom. The Balaban J connectivity index is 1.78. The number of carbonyl (C=O) groups is 1. The van der Waals surface area contributed by atoms with Crippen molar-refractivity contribution >= 4 is 5.91 Å². The number of para-hydroxylation sites is 1. The molecule has 1 amide bonds. The van der Waals surface area contributed by atoms with E-state index in [1.54, 1.807) is 13.2 Å². The minimum absolute atomic E-state index is 0.155. The standard InChI is InChI=1S/C27H31NO3/c1-18(2)23-16-24(19(3)15-26(23)30-5)20(4)28-27(29)22-13-9-10-14-25(22)31-17-21-11-7-6-8-12-21/h6-16,18,20H,17H2,1-5H3,(H,28,29)/t20-/m1/s1. The molecule has 0 fully saturated rings. The Hall–Kier alpha value is -3.27. The van der Waals surface area contributed by atoms with Crippen LogP contribution in [0.25, 0.3) is 0 Å². The highest BCUT2D eigenvalue weighted by molar-refractivity contribution is 5.97. The van der Waals surface area contributed by atoms with Crippen molar-refractivity contribution in [2.45, 2.75) is 46.3 Å². The SMILES string of the molecule is COc1cc(C)c([C@@H](C)NC(=O)c2ccccc2OCc2ccccc2)cc1C(C)C. The van der Waals surface area contributed by atoms with Crippen LogP contribution in [0.5, 0.6) is 11.5 Å². The molecule has 0 spiro atoms. The van der Waals surface area contributed by atoms with Crippen LogP contribution < -0.4 is 14.8 Å². The molecule has 1 N–H and O–H groups in total.